The number of hydrogen-bond donors (Lipinski definition) is 1. The molecule has 1 unspecified atom stereocenters. The van der Waals surface area contributed by atoms with Crippen molar-refractivity contribution in [1.29, 1.82) is 0 Å². The van der Waals surface area contributed by atoms with E-state index < -0.39 is 12.3 Å². The molecule has 1 N–H and O–H groups in total. The molecule has 0 aromatic heterocycles. The normalized spacial score (nSPS) is 21.0. The first-order valence-corrected chi connectivity index (χ1v) is 9.25. The van der Waals surface area contributed by atoms with Gasteiger partial charge in [-0.2, -0.15) is 0 Å². The Balaban J connectivity index is 1.54. The van der Waals surface area contributed by atoms with Crippen molar-refractivity contribution in [3.05, 3.63) is 59.7 Å². The molecule has 0 bridgehead atoms. The lowest BCUT2D eigenvalue weighted by Gasteiger charge is -2.29. The molecule has 0 amide bonds. The van der Waals surface area contributed by atoms with E-state index in [0.29, 0.717) is 17.1 Å². The van der Waals surface area contributed by atoms with Crippen LogP contribution in [0.25, 0.3) is 0 Å². The number of aliphatic hydroxyl groups excluding tert-OH is 1. The summed E-state index contributed by atoms with van der Waals surface area (Å²) in [5, 5.41) is 10.3. The number of ether oxygens (including phenoxy) is 2. The van der Waals surface area contributed by atoms with Gasteiger partial charge in [0.2, 0.25) is 0 Å². The first kappa shape index (κ1) is 18.5. The second kappa shape index (κ2) is 8.37. The highest BCUT2D eigenvalue weighted by atomic mass is 16.6. The zero-order valence-electron chi connectivity index (χ0n) is 15.4. The Morgan fingerprint density at radius 1 is 0.962 bits per heavy atom. The molecule has 4 heteroatoms. The van der Waals surface area contributed by atoms with Crippen LogP contribution in [0.4, 0.5) is 0 Å². The number of rotatable bonds is 5. The van der Waals surface area contributed by atoms with Gasteiger partial charge in [-0.1, -0.05) is 37.5 Å². The van der Waals surface area contributed by atoms with Gasteiger partial charge in [-0.3, -0.25) is 0 Å². The molecule has 2 aromatic rings. The zero-order chi connectivity index (χ0) is 18.5. The van der Waals surface area contributed by atoms with E-state index in [1.807, 2.05) is 19.1 Å². The van der Waals surface area contributed by atoms with Crippen molar-refractivity contribution in [2.24, 2.45) is 11.8 Å². The number of aryl methyl sites for hydroxylation is 1. The second-order valence-electron chi connectivity index (χ2n) is 7.26. The summed E-state index contributed by atoms with van der Waals surface area (Å²) in [5.74, 6) is 1.55. The average molecular weight is 354 g/mol. The summed E-state index contributed by atoms with van der Waals surface area (Å²) in [6.45, 7) is 4.22. The molecule has 26 heavy (non-hydrogen) atoms. The lowest BCUT2D eigenvalue weighted by molar-refractivity contribution is -0.0752. The molecular weight excluding hydrogens is 328 g/mol. The molecule has 1 fully saturated rings. The minimum absolute atomic E-state index is 0.185. The molecule has 1 aliphatic rings. The van der Waals surface area contributed by atoms with Crippen LogP contribution >= 0.6 is 0 Å². The van der Waals surface area contributed by atoms with Crippen LogP contribution in [0, 0.1) is 18.8 Å². The van der Waals surface area contributed by atoms with E-state index >= 15 is 0 Å². The maximum absolute atomic E-state index is 12.1. The number of esters is 1. The van der Waals surface area contributed by atoms with E-state index in [9.17, 15) is 9.90 Å². The van der Waals surface area contributed by atoms with Gasteiger partial charge in [0, 0.05) is 5.92 Å². The highest BCUT2D eigenvalue weighted by Crippen LogP contribution is 2.31. The lowest BCUT2D eigenvalue weighted by Crippen LogP contribution is -2.29. The second-order valence-corrected chi connectivity index (χ2v) is 7.26. The van der Waals surface area contributed by atoms with Gasteiger partial charge in [0.25, 0.3) is 0 Å². The van der Waals surface area contributed by atoms with Crippen LogP contribution in [0.3, 0.4) is 0 Å². The number of benzene rings is 2. The van der Waals surface area contributed by atoms with Gasteiger partial charge in [-0.05, 0) is 62.1 Å². The van der Waals surface area contributed by atoms with Crippen LogP contribution in [0.1, 0.15) is 48.5 Å². The Kier molecular flexibility index (Phi) is 5.94. The van der Waals surface area contributed by atoms with Crippen molar-refractivity contribution in [2.75, 3.05) is 0 Å². The molecule has 1 atom stereocenters. The summed E-state index contributed by atoms with van der Waals surface area (Å²) >= 11 is 0. The Bertz CT molecular complexity index is 713. The van der Waals surface area contributed by atoms with E-state index in [2.05, 4.69) is 6.92 Å². The van der Waals surface area contributed by atoms with Crippen LogP contribution in [0.15, 0.2) is 48.5 Å². The number of hydrogen-bond acceptors (Lipinski definition) is 4. The quantitative estimate of drug-likeness (QED) is 0.479. The maximum atomic E-state index is 12.1. The third kappa shape index (κ3) is 4.85. The Morgan fingerprint density at radius 3 is 2.15 bits per heavy atom. The van der Waals surface area contributed by atoms with Crippen molar-refractivity contribution in [3.8, 4) is 11.5 Å². The first-order chi connectivity index (χ1) is 12.5. The van der Waals surface area contributed by atoms with Crippen LogP contribution in [0.5, 0.6) is 11.5 Å². The molecular formula is C22H26O4. The zero-order valence-corrected chi connectivity index (χ0v) is 15.4. The third-order valence-corrected chi connectivity index (χ3v) is 5.04. The van der Waals surface area contributed by atoms with Crippen molar-refractivity contribution < 1.29 is 19.4 Å². The molecule has 0 radical (unpaired) electrons. The minimum atomic E-state index is -0.788. The number of carbonyl (C=O) groups is 1. The molecule has 2 aromatic carbocycles. The highest BCUT2D eigenvalue weighted by Gasteiger charge is 2.26. The summed E-state index contributed by atoms with van der Waals surface area (Å²) in [6, 6.07) is 14.0. The first-order valence-electron chi connectivity index (χ1n) is 9.25. The minimum Gasteiger partial charge on any atom is -0.465 e. The van der Waals surface area contributed by atoms with Gasteiger partial charge in [0.05, 0.1) is 5.56 Å². The van der Waals surface area contributed by atoms with Crippen molar-refractivity contribution in [3.63, 3.8) is 0 Å². The fraction of sp³-hybridized carbons (Fsp3) is 0.409. The Hall–Kier alpha value is -2.33. The maximum Gasteiger partial charge on any atom is 0.343 e. The molecule has 3 rings (SSSR count). The predicted octanol–water partition coefficient (Wildman–Crippen LogP) is 4.74. The highest BCUT2D eigenvalue weighted by molar-refractivity contribution is 5.91. The lowest BCUT2D eigenvalue weighted by atomic mass is 9.83. The summed E-state index contributed by atoms with van der Waals surface area (Å²) in [6.07, 6.45) is 3.48. The summed E-state index contributed by atoms with van der Waals surface area (Å²) in [4.78, 5) is 12.1. The molecule has 1 aliphatic carbocycles. The van der Waals surface area contributed by atoms with Gasteiger partial charge in [-0.15, -0.1) is 0 Å². The van der Waals surface area contributed by atoms with Gasteiger partial charge in [-0.25, -0.2) is 4.79 Å². The van der Waals surface area contributed by atoms with Crippen LogP contribution in [-0.2, 0) is 0 Å². The van der Waals surface area contributed by atoms with Crippen molar-refractivity contribution >= 4 is 5.97 Å². The van der Waals surface area contributed by atoms with E-state index in [-0.39, 0.29) is 5.92 Å². The Morgan fingerprint density at radius 2 is 1.54 bits per heavy atom. The van der Waals surface area contributed by atoms with Crippen LogP contribution in [-0.4, -0.2) is 17.4 Å². The van der Waals surface area contributed by atoms with Gasteiger partial charge in [0.15, 0.2) is 6.29 Å². The summed E-state index contributed by atoms with van der Waals surface area (Å²) in [7, 11) is 0. The smallest absolute Gasteiger partial charge is 0.343 e. The fourth-order valence-electron chi connectivity index (χ4n) is 3.25. The van der Waals surface area contributed by atoms with E-state index in [0.717, 1.165) is 37.2 Å². The third-order valence-electron chi connectivity index (χ3n) is 5.04. The van der Waals surface area contributed by atoms with Crippen molar-refractivity contribution in [2.45, 2.75) is 45.8 Å². The number of carbonyl (C=O) groups excluding carboxylic acids is 1. The Labute approximate surface area is 154 Å². The molecule has 138 valence electrons. The van der Waals surface area contributed by atoms with E-state index in [1.54, 1.807) is 36.4 Å². The topological polar surface area (TPSA) is 55.8 Å². The molecule has 0 spiro atoms. The number of aliphatic hydroxyl groups is 1. The fourth-order valence-corrected chi connectivity index (χ4v) is 3.25. The van der Waals surface area contributed by atoms with E-state index in [1.165, 1.54) is 0 Å². The van der Waals surface area contributed by atoms with Gasteiger partial charge < -0.3 is 14.6 Å². The summed E-state index contributed by atoms with van der Waals surface area (Å²) < 4.78 is 11.0. The van der Waals surface area contributed by atoms with Crippen LogP contribution in [0.2, 0.25) is 0 Å². The molecule has 1 saturated carbocycles. The SMILES string of the molecule is Cc1ccc(C(=O)Oc2ccc(OC(O)C3CCC(C)CC3)cc2)cc1. The van der Waals surface area contributed by atoms with E-state index in [4.69, 9.17) is 9.47 Å². The average Bonchev–Trinajstić information content (AvgIpc) is 2.64. The standard InChI is InChI=1S/C22H26O4/c1-15-3-7-17(8-4-15)21(23)25-19-11-13-20(14-12-19)26-22(24)18-9-5-16(2)6-10-18/h3-4,7-8,11-14,16,18,22,24H,5-6,9-10H2,1-2H3. The van der Waals surface area contributed by atoms with Gasteiger partial charge in [0.1, 0.15) is 11.5 Å². The van der Waals surface area contributed by atoms with Crippen LogP contribution < -0.4 is 9.47 Å². The van der Waals surface area contributed by atoms with Crippen molar-refractivity contribution in [1.82, 2.24) is 0 Å². The molecule has 0 heterocycles. The largest absolute Gasteiger partial charge is 0.465 e. The molecule has 4 nitrogen and oxygen atoms in total. The molecule has 0 aliphatic heterocycles. The summed E-state index contributed by atoms with van der Waals surface area (Å²) in [5.41, 5.74) is 1.60. The monoisotopic (exact) mass is 354 g/mol. The predicted molar refractivity (Wildman–Crippen MR) is 100 cm³/mol. The van der Waals surface area contributed by atoms with Gasteiger partial charge >= 0.3 is 5.97 Å². The molecule has 0 saturated heterocycles.